The fraction of sp³-hybridized carbons (Fsp3) is 0.609. The summed E-state index contributed by atoms with van der Waals surface area (Å²) in [7, 11) is 0. The second kappa shape index (κ2) is 8.86. The Morgan fingerprint density at radius 3 is 2.83 bits per heavy atom. The molecule has 0 bridgehead atoms. The minimum Gasteiger partial charge on any atom is -0.508 e. The molecule has 6 heteroatoms. The molecule has 1 aromatic carbocycles. The van der Waals surface area contributed by atoms with Gasteiger partial charge in [-0.3, -0.25) is 9.59 Å². The third-order valence-electron chi connectivity index (χ3n) is 6.87. The molecule has 2 aliphatic rings. The summed E-state index contributed by atoms with van der Waals surface area (Å²) in [6.07, 6.45) is 4.47. The number of aromatic hydroxyl groups is 1. The highest BCUT2D eigenvalue weighted by Crippen LogP contribution is 2.56. The molecule has 2 aliphatic carbocycles. The number of benzene rings is 1. The molecule has 0 amide bonds. The molecule has 156 valence electrons. The molecule has 2 N–H and O–H groups in total. The van der Waals surface area contributed by atoms with Crippen molar-refractivity contribution >= 4 is 11.9 Å². The summed E-state index contributed by atoms with van der Waals surface area (Å²) < 4.78 is 5.53. The maximum atomic E-state index is 12.0. The van der Waals surface area contributed by atoms with Crippen LogP contribution in [0.25, 0.3) is 0 Å². The van der Waals surface area contributed by atoms with Crippen molar-refractivity contribution in [3.63, 3.8) is 0 Å². The molecule has 3 unspecified atom stereocenters. The largest absolute Gasteiger partial charge is 0.508 e. The van der Waals surface area contributed by atoms with E-state index >= 15 is 0 Å². The van der Waals surface area contributed by atoms with E-state index in [0.717, 1.165) is 25.7 Å². The highest BCUT2D eigenvalue weighted by Gasteiger charge is 2.48. The van der Waals surface area contributed by atoms with Crippen LogP contribution in [-0.4, -0.2) is 28.8 Å². The standard InChI is InChI=1S/C23H29NO5/c1-23(14-29-22(28)4-2-3-21(26)27)11-9-18-17-8-6-16(25)13-15(17)5-7-19(18)20(23)10-12-24/h6,8,13,18-20,25H,2-5,7,9-11,14H2,1H3,(H,26,27)/t18?,19?,20?,23-/m1/s1. The van der Waals surface area contributed by atoms with Gasteiger partial charge in [0.05, 0.1) is 12.7 Å². The number of rotatable bonds is 7. The number of carboxylic acid groups (broad SMARTS) is 1. The van der Waals surface area contributed by atoms with E-state index in [9.17, 15) is 20.0 Å². The van der Waals surface area contributed by atoms with Crippen LogP contribution in [0.5, 0.6) is 5.75 Å². The number of nitriles is 1. The minimum atomic E-state index is -0.914. The van der Waals surface area contributed by atoms with E-state index in [1.165, 1.54) is 11.1 Å². The third kappa shape index (κ3) is 4.72. The Labute approximate surface area is 171 Å². The molecule has 29 heavy (non-hydrogen) atoms. The zero-order valence-corrected chi connectivity index (χ0v) is 16.9. The second-order valence-electron chi connectivity index (χ2n) is 8.76. The zero-order valence-electron chi connectivity index (χ0n) is 16.9. The van der Waals surface area contributed by atoms with Gasteiger partial charge >= 0.3 is 11.9 Å². The summed E-state index contributed by atoms with van der Waals surface area (Å²) in [4.78, 5) is 22.6. The Hall–Kier alpha value is -2.55. The van der Waals surface area contributed by atoms with E-state index in [-0.39, 0.29) is 43.2 Å². The Bertz CT molecular complexity index is 814. The summed E-state index contributed by atoms with van der Waals surface area (Å²) in [5.74, 6) is -0.114. The number of aliphatic carboxylic acids is 1. The number of esters is 1. The van der Waals surface area contributed by atoms with E-state index in [1.54, 1.807) is 6.07 Å². The maximum Gasteiger partial charge on any atom is 0.305 e. The number of hydrogen-bond acceptors (Lipinski definition) is 5. The maximum absolute atomic E-state index is 12.0. The highest BCUT2D eigenvalue weighted by atomic mass is 16.5. The van der Waals surface area contributed by atoms with Crippen LogP contribution in [0.4, 0.5) is 0 Å². The molecule has 6 nitrogen and oxygen atoms in total. The molecule has 0 saturated heterocycles. The van der Waals surface area contributed by atoms with Crippen LogP contribution in [-0.2, 0) is 20.7 Å². The lowest BCUT2D eigenvalue weighted by Crippen LogP contribution is -2.45. The number of carboxylic acids is 1. The number of hydrogen-bond donors (Lipinski definition) is 2. The smallest absolute Gasteiger partial charge is 0.305 e. The quantitative estimate of drug-likeness (QED) is 0.667. The highest BCUT2D eigenvalue weighted by molar-refractivity contribution is 5.71. The number of phenols is 1. The van der Waals surface area contributed by atoms with E-state index < -0.39 is 5.97 Å². The summed E-state index contributed by atoms with van der Waals surface area (Å²) in [6, 6.07) is 7.97. The molecule has 4 atom stereocenters. The predicted octanol–water partition coefficient (Wildman–Crippen LogP) is 4.17. The number of phenolic OH excluding ortho intramolecular Hbond substituents is 1. The average Bonchev–Trinajstić information content (AvgIpc) is 2.68. The number of carbonyl (C=O) groups is 2. The van der Waals surface area contributed by atoms with Crippen molar-refractivity contribution in [1.82, 2.24) is 0 Å². The van der Waals surface area contributed by atoms with Gasteiger partial charge in [0.15, 0.2) is 0 Å². The Morgan fingerprint density at radius 1 is 1.31 bits per heavy atom. The molecule has 0 aliphatic heterocycles. The van der Waals surface area contributed by atoms with Crippen LogP contribution in [0.2, 0.25) is 0 Å². The fourth-order valence-electron chi connectivity index (χ4n) is 5.34. The Balaban J connectivity index is 1.69. The fourth-order valence-corrected chi connectivity index (χ4v) is 5.34. The SMILES string of the molecule is C[C@]1(COC(=O)CCCC(=O)O)CCC2c3ccc(O)cc3CCC2C1CC#N. The topological polar surface area (TPSA) is 108 Å². The van der Waals surface area contributed by atoms with Crippen LogP contribution >= 0.6 is 0 Å². The minimum absolute atomic E-state index is 0.0395. The summed E-state index contributed by atoms with van der Waals surface area (Å²) >= 11 is 0. The molecule has 1 fully saturated rings. The summed E-state index contributed by atoms with van der Waals surface area (Å²) in [5, 5.41) is 28.0. The van der Waals surface area contributed by atoms with Crippen molar-refractivity contribution in [2.45, 2.75) is 64.2 Å². The van der Waals surface area contributed by atoms with Crippen LogP contribution in [0.1, 0.15) is 68.9 Å². The number of fused-ring (bicyclic) bond motifs is 3. The Kier molecular flexibility index (Phi) is 6.46. The van der Waals surface area contributed by atoms with Gasteiger partial charge in [-0.25, -0.2) is 0 Å². The van der Waals surface area contributed by atoms with Crippen molar-refractivity contribution in [3.05, 3.63) is 29.3 Å². The first-order chi connectivity index (χ1) is 13.8. The molecule has 1 saturated carbocycles. The predicted molar refractivity (Wildman–Crippen MR) is 106 cm³/mol. The molecular weight excluding hydrogens is 370 g/mol. The van der Waals surface area contributed by atoms with Gasteiger partial charge in [0.25, 0.3) is 0 Å². The molecular formula is C23H29NO5. The molecule has 1 aromatic rings. The molecule has 0 heterocycles. The Morgan fingerprint density at radius 2 is 2.10 bits per heavy atom. The van der Waals surface area contributed by atoms with E-state index in [4.69, 9.17) is 9.84 Å². The first-order valence-electron chi connectivity index (χ1n) is 10.4. The van der Waals surface area contributed by atoms with Crippen molar-refractivity contribution in [2.75, 3.05) is 6.61 Å². The lowest BCUT2D eigenvalue weighted by molar-refractivity contribution is -0.151. The number of carbonyl (C=O) groups excluding carboxylic acids is 1. The van der Waals surface area contributed by atoms with Crippen molar-refractivity contribution < 1.29 is 24.5 Å². The van der Waals surface area contributed by atoms with Gasteiger partial charge in [-0.05, 0) is 73.1 Å². The molecule has 0 radical (unpaired) electrons. The molecule has 0 spiro atoms. The number of aryl methyl sites for hydroxylation is 1. The van der Waals surface area contributed by atoms with E-state index in [2.05, 4.69) is 13.0 Å². The van der Waals surface area contributed by atoms with E-state index in [0.29, 0.717) is 24.0 Å². The monoisotopic (exact) mass is 399 g/mol. The van der Waals surface area contributed by atoms with E-state index in [1.807, 2.05) is 12.1 Å². The first kappa shape index (κ1) is 21.2. The molecule has 0 aromatic heterocycles. The van der Waals surface area contributed by atoms with Gasteiger partial charge < -0.3 is 14.9 Å². The van der Waals surface area contributed by atoms with Gasteiger partial charge in [0.2, 0.25) is 0 Å². The second-order valence-corrected chi connectivity index (χ2v) is 8.76. The van der Waals surface area contributed by atoms with Gasteiger partial charge in [-0.15, -0.1) is 0 Å². The van der Waals surface area contributed by atoms with Crippen LogP contribution in [0.3, 0.4) is 0 Å². The van der Waals surface area contributed by atoms with Crippen molar-refractivity contribution in [2.24, 2.45) is 17.3 Å². The first-order valence-corrected chi connectivity index (χ1v) is 10.4. The van der Waals surface area contributed by atoms with Crippen LogP contribution in [0, 0.1) is 28.6 Å². The van der Waals surface area contributed by atoms with Crippen molar-refractivity contribution in [1.29, 1.82) is 5.26 Å². The summed E-state index contributed by atoms with van der Waals surface area (Å²) in [5.41, 5.74) is 2.23. The van der Waals surface area contributed by atoms with Crippen LogP contribution in [0.15, 0.2) is 18.2 Å². The third-order valence-corrected chi connectivity index (χ3v) is 6.87. The van der Waals surface area contributed by atoms with Crippen molar-refractivity contribution in [3.8, 4) is 11.8 Å². The van der Waals surface area contributed by atoms with Gasteiger partial charge in [-0.2, -0.15) is 5.26 Å². The summed E-state index contributed by atoms with van der Waals surface area (Å²) in [6.45, 7) is 2.39. The van der Waals surface area contributed by atoms with Gasteiger partial charge in [-0.1, -0.05) is 13.0 Å². The lowest BCUT2D eigenvalue weighted by Gasteiger charge is -2.51. The normalized spacial score (nSPS) is 27.9. The lowest BCUT2D eigenvalue weighted by atomic mass is 9.54. The number of ether oxygens (including phenoxy) is 1. The van der Waals surface area contributed by atoms with Crippen LogP contribution < -0.4 is 0 Å². The zero-order chi connectivity index (χ0) is 21.0. The number of nitrogens with zero attached hydrogens (tertiary/aromatic N) is 1. The van der Waals surface area contributed by atoms with Gasteiger partial charge in [0.1, 0.15) is 5.75 Å². The average molecular weight is 399 g/mol. The van der Waals surface area contributed by atoms with Gasteiger partial charge in [0, 0.05) is 24.7 Å². The molecule has 3 rings (SSSR count).